The number of benzene rings is 2. The molecule has 1 aliphatic heterocycles. The Morgan fingerprint density at radius 2 is 1.00 bits per heavy atom. The van der Waals surface area contributed by atoms with Gasteiger partial charge in [0.25, 0.3) is 0 Å². The summed E-state index contributed by atoms with van der Waals surface area (Å²) in [6.07, 6.45) is 2.00. The van der Waals surface area contributed by atoms with Crippen LogP contribution in [-0.2, 0) is 15.9 Å². The first-order valence-electron chi connectivity index (χ1n) is 7.92. The lowest BCUT2D eigenvalue weighted by molar-refractivity contribution is 0.255. The lowest BCUT2D eigenvalue weighted by Crippen LogP contribution is -2.21. The molecule has 1 aliphatic rings. The van der Waals surface area contributed by atoms with Crippen molar-refractivity contribution in [1.29, 1.82) is 0 Å². The van der Waals surface area contributed by atoms with Crippen molar-refractivity contribution in [2.24, 2.45) is 0 Å². The Kier molecular flexibility index (Phi) is 3.41. The summed E-state index contributed by atoms with van der Waals surface area (Å²) in [4.78, 5) is 0. The summed E-state index contributed by atoms with van der Waals surface area (Å²) in [7, 11) is 0. The van der Waals surface area contributed by atoms with Crippen LogP contribution in [0.3, 0.4) is 0 Å². The lowest BCUT2D eigenvalue weighted by atomic mass is 9.78. The molecule has 1 heterocycles. The van der Waals surface area contributed by atoms with Gasteiger partial charge in [-0.25, -0.2) is 0 Å². The zero-order valence-corrected chi connectivity index (χ0v) is 13.4. The molecule has 0 bridgehead atoms. The molecular weight excluding hydrogens is 256 g/mol. The van der Waals surface area contributed by atoms with Gasteiger partial charge >= 0.3 is 0 Å². The molecule has 110 valence electrons. The summed E-state index contributed by atoms with van der Waals surface area (Å²) in [5.41, 5.74) is 4.87. The van der Waals surface area contributed by atoms with Crippen LogP contribution in [0.1, 0.15) is 48.9 Å². The van der Waals surface area contributed by atoms with Crippen molar-refractivity contribution in [3.8, 4) is 0 Å². The van der Waals surface area contributed by atoms with E-state index in [2.05, 4.69) is 76.2 Å². The van der Waals surface area contributed by atoms with Crippen LogP contribution in [0.25, 0.3) is 0 Å². The summed E-state index contributed by atoms with van der Waals surface area (Å²) in [6.45, 7) is 8.71. The van der Waals surface area contributed by atoms with Gasteiger partial charge in [-0.15, -0.1) is 0 Å². The molecule has 0 amide bonds. The Hall–Kier alpha value is -1.60. The molecular formula is C20H24O. The quantitative estimate of drug-likeness (QED) is 0.697. The van der Waals surface area contributed by atoms with E-state index < -0.39 is 0 Å². The van der Waals surface area contributed by atoms with Gasteiger partial charge in [0.05, 0.1) is 0 Å². The van der Waals surface area contributed by atoms with Gasteiger partial charge in [0, 0.05) is 0 Å². The summed E-state index contributed by atoms with van der Waals surface area (Å²) in [5, 5.41) is 0. The fraction of sp³-hybridized carbons (Fsp3) is 0.400. The third kappa shape index (κ3) is 2.03. The highest BCUT2D eigenvalue weighted by Gasteiger charge is 2.69. The Morgan fingerprint density at radius 1 is 0.667 bits per heavy atom. The van der Waals surface area contributed by atoms with Crippen LogP contribution in [-0.4, -0.2) is 0 Å². The minimum absolute atomic E-state index is 0.162. The maximum absolute atomic E-state index is 6.44. The fourth-order valence-electron chi connectivity index (χ4n) is 3.63. The largest absolute Gasteiger partial charge is 0.352 e. The molecule has 2 atom stereocenters. The molecule has 0 aliphatic carbocycles. The molecule has 2 unspecified atom stereocenters. The SMILES string of the molecule is CCC1(c2ccc(C)cc2)OC1(CC)c1ccc(C)cc1. The molecule has 0 radical (unpaired) electrons. The van der Waals surface area contributed by atoms with Crippen molar-refractivity contribution in [2.45, 2.75) is 51.7 Å². The van der Waals surface area contributed by atoms with E-state index in [0.717, 1.165) is 12.8 Å². The van der Waals surface area contributed by atoms with Crippen molar-refractivity contribution in [2.75, 3.05) is 0 Å². The molecule has 0 aromatic heterocycles. The maximum atomic E-state index is 6.44. The van der Waals surface area contributed by atoms with Gasteiger partial charge in [-0.05, 0) is 37.8 Å². The van der Waals surface area contributed by atoms with E-state index in [1.165, 1.54) is 22.3 Å². The van der Waals surface area contributed by atoms with Crippen molar-refractivity contribution in [3.63, 3.8) is 0 Å². The highest BCUT2D eigenvalue weighted by Crippen LogP contribution is 2.65. The molecule has 1 saturated heterocycles. The smallest absolute Gasteiger partial charge is 0.127 e. The molecule has 3 rings (SSSR count). The average molecular weight is 280 g/mol. The van der Waals surface area contributed by atoms with Gasteiger partial charge in [-0.1, -0.05) is 73.5 Å². The predicted molar refractivity (Wildman–Crippen MR) is 87.4 cm³/mol. The molecule has 0 N–H and O–H groups in total. The third-order valence-corrected chi connectivity index (χ3v) is 4.99. The summed E-state index contributed by atoms with van der Waals surface area (Å²) in [5.74, 6) is 0. The number of hydrogen-bond acceptors (Lipinski definition) is 1. The first-order chi connectivity index (χ1) is 10.1. The van der Waals surface area contributed by atoms with Gasteiger partial charge in [0.1, 0.15) is 11.2 Å². The molecule has 0 spiro atoms. The van der Waals surface area contributed by atoms with Crippen LogP contribution in [0.4, 0.5) is 0 Å². The summed E-state index contributed by atoms with van der Waals surface area (Å²) >= 11 is 0. The monoisotopic (exact) mass is 280 g/mol. The average Bonchev–Trinajstić information content (AvgIpc) is 3.19. The van der Waals surface area contributed by atoms with Gasteiger partial charge in [0.2, 0.25) is 0 Å². The van der Waals surface area contributed by atoms with E-state index in [-0.39, 0.29) is 11.2 Å². The zero-order chi connectivity index (χ0) is 15.1. The van der Waals surface area contributed by atoms with E-state index in [0.29, 0.717) is 0 Å². The Morgan fingerprint density at radius 3 is 1.29 bits per heavy atom. The zero-order valence-electron chi connectivity index (χ0n) is 13.4. The number of hydrogen-bond donors (Lipinski definition) is 0. The van der Waals surface area contributed by atoms with Gasteiger partial charge in [0.15, 0.2) is 0 Å². The molecule has 0 saturated carbocycles. The predicted octanol–water partition coefficient (Wildman–Crippen LogP) is 5.24. The second-order valence-corrected chi connectivity index (χ2v) is 6.20. The fourth-order valence-corrected chi connectivity index (χ4v) is 3.63. The number of epoxide rings is 1. The van der Waals surface area contributed by atoms with E-state index in [4.69, 9.17) is 4.74 Å². The van der Waals surface area contributed by atoms with Gasteiger partial charge < -0.3 is 4.74 Å². The van der Waals surface area contributed by atoms with Crippen molar-refractivity contribution in [1.82, 2.24) is 0 Å². The lowest BCUT2D eigenvalue weighted by Gasteiger charge is -2.19. The van der Waals surface area contributed by atoms with E-state index in [1.807, 2.05) is 0 Å². The first-order valence-corrected chi connectivity index (χ1v) is 7.92. The van der Waals surface area contributed by atoms with Crippen LogP contribution < -0.4 is 0 Å². The second kappa shape index (κ2) is 4.99. The Labute approximate surface area is 128 Å². The van der Waals surface area contributed by atoms with E-state index in [1.54, 1.807) is 0 Å². The molecule has 2 aromatic rings. The van der Waals surface area contributed by atoms with Crippen molar-refractivity contribution < 1.29 is 4.74 Å². The van der Waals surface area contributed by atoms with E-state index >= 15 is 0 Å². The molecule has 1 nitrogen and oxygen atoms in total. The van der Waals surface area contributed by atoms with E-state index in [9.17, 15) is 0 Å². The van der Waals surface area contributed by atoms with Crippen LogP contribution >= 0.6 is 0 Å². The van der Waals surface area contributed by atoms with Crippen molar-refractivity contribution in [3.05, 3.63) is 70.8 Å². The summed E-state index contributed by atoms with van der Waals surface area (Å²) in [6, 6.07) is 17.6. The van der Waals surface area contributed by atoms with Crippen LogP contribution in [0.5, 0.6) is 0 Å². The topological polar surface area (TPSA) is 12.5 Å². The molecule has 1 heteroatoms. The second-order valence-electron chi connectivity index (χ2n) is 6.20. The van der Waals surface area contributed by atoms with Crippen LogP contribution in [0, 0.1) is 13.8 Å². The minimum Gasteiger partial charge on any atom is -0.352 e. The molecule has 2 aromatic carbocycles. The highest BCUT2D eigenvalue weighted by atomic mass is 16.6. The Bertz CT molecular complexity index is 568. The molecule has 21 heavy (non-hydrogen) atoms. The van der Waals surface area contributed by atoms with Gasteiger partial charge in [-0.2, -0.15) is 0 Å². The van der Waals surface area contributed by atoms with Crippen LogP contribution in [0.15, 0.2) is 48.5 Å². The summed E-state index contributed by atoms with van der Waals surface area (Å²) < 4.78 is 6.44. The normalized spacial score (nSPS) is 27.6. The number of ether oxygens (including phenoxy) is 1. The molecule has 1 fully saturated rings. The van der Waals surface area contributed by atoms with Crippen LogP contribution in [0.2, 0.25) is 0 Å². The number of rotatable bonds is 4. The highest BCUT2D eigenvalue weighted by molar-refractivity contribution is 5.42. The van der Waals surface area contributed by atoms with Gasteiger partial charge in [-0.3, -0.25) is 0 Å². The third-order valence-electron chi connectivity index (χ3n) is 4.99. The Balaban J connectivity index is 2.05. The van der Waals surface area contributed by atoms with Crippen molar-refractivity contribution >= 4 is 0 Å². The number of aryl methyl sites for hydroxylation is 2. The minimum atomic E-state index is -0.162. The standard InChI is InChI=1S/C20H24O/c1-5-19(17-11-7-15(3)8-12-17)20(6-2,21-19)18-13-9-16(4)10-14-18/h7-14H,5-6H2,1-4H3. The first kappa shape index (κ1) is 14.3. The maximum Gasteiger partial charge on any atom is 0.127 e.